The number of nitrogens with one attached hydrogen (secondary N) is 2. The minimum Gasteiger partial charge on any atom is -0.434 e. The summed E-state index contributed by atoms with van der Waals surface area (Å²) >= 11 is 0. The largest absolute Gasteiger partial charge is 0.434 e. The molecule has 0 bridgehead atoms. The zero-order chi connectivity index (χ0) is 16.5. The maximum atomic E-state index is 12.4. The molecule has 0 aliphatic rings. The third kappa shape index (κ3) is 5.57. The van der Waals surface area contributed by atoms with E-state index in [1.54, 1.807) is 36.1 Å². The second-order valence-electron chi connectivity index (χ2n) is 4.61. The summed E-state index contributed by atoms with van der Waals surface area (Å²) in [5.41, 5.74) is 0.628. The summed E-state index contributed by atoms with van der Waals surface area (Å²) in [7, 11) is 1.64. The molecule has 0 radical (unpaired) electrons. The highest BCUT2D eigenvalue weighted by Gasteiger charge is 2.09. The van der Waals surface area contributed by atoms with E-state index >= 15 is 0 Å². The van der Waals surface area contributed by atoms with Gasteiger partial charge in [-0.25, -0.2) is 0 Å². The summed E-state index contributed by atoms with van der Waals surface area (Å²) in [6, 6.07) is 8.51. The van der Waals surface area contributed by atoms with Crippen molar-refractivity contribution in [3.05, 3.63) is 48.3 Å². The van der Waals surface area contributed by atoms with Gasteiger partial charge in [0.15, 0.2) is 5.96 Å². The molecule has 2 rings (SSSR count). The summed E-state index contributed by atoms with van der Waals surface area (Å²) in [5.74, 6) is 0.728. The number of benzene rings is 1. The Kier molecular flexibility index (Phi) is 6.34. The Balaban J connectivity index is 1.83. The zero-order valence-electron chi connectivity index (χ0n) is 12.7. The molecule has 2 aromatic rings. The van der Waals surface area contributed by atoms with E-state index in [1.165, 1.54) is 6.07 Å². The molecule has 0 spiro atoms. The van der Waals surface area contributed by atoms with Gasteiger partial charge in [0.1, 0.15) is 5.75 Å². The Morgan fingerprint density at radius 2 is 2.13 bits per heavy atom. The second-order valence-corrected chi connectivity index (χ2v) is 4.61. The molecule has 8 heteroatoms. The van der Waals surface area contributed by atoms with Crippen LogP contribution >= 0.6 is 0 Å². The van der Waals surface area contributed by atoms with Gasteiger partial charge in [-0.3, -0.25) is 9.67 Å². The number of aliphatic imine (C=N–C) groups is 1. The molecular formula is C15H19F2N5O. The molecule has 0 aliphatic heterocycles. The Morgan fingerprint density at radius 1 is 1.30 bits per heavy atom. The molecule has 0 saturated heterocycles. The van der Waals surface area contributed by atoms with Gasteiger partial charge in [0, 0.05) is 38.1 Å². The fourth-order valence-corrected chi connectivity index (χ4v) is 1.98. The number of guanidine groups is 1. The number of para-hydroxylation sites is 1. The standard InChI is InChI=1S/C15H19F2N5O/c1-18-15(19-8-10-22-9-4-7-21-22)20-11-12-5-2-3-6-13(12)23-14(16)17/h2-7,9,14H,8,10-11H2,1H3,(H2,18,19,20). The Hall–Kier alpha value is -2.64. The van der Waals surface area contributed by atoms with Crippen molar-refractivity contribution >= 4 is 5.96 Å². The van der Waals surface area contributed by atoms with Gasteiger partial charge in [0.05, 0.1) is 6.54 Å². The van der Waals surface area contributed by atoms with E-state index in [9.17, 15) is 8.78 Å². The summed E-state index contributed by atoms with van der Waals surface area (Å²) in [6.45, 7) is -1.19. The topological polar surface area (TPSA) is 63.5 Å². The minimum absolute atomic E-state index is 0.155. The summed E-state index contributed by atoms with van der Waals surface area (Å²) < 4.78 is 31.1. The smallest absolute Gasteiger partial charge is 0.387 e. The van der Waals surface area contributed by atoms with E-state index in [0.717, 1.165) is 0 Å². The molecule has 1 heterocycles. The van der Waals surface area contributed by atoms with Gasteiger partial charge in [0.25, 0.3) is 0 Å². The summed E-state index contributed by atoms with van der Waals surface area (Å²) in [6.07, 6.45) is 3.59. The monoisotopic (exact) mass is 323 g/mol. The summed E-state index contributed by atoms with van der Waals surface area (Å²) in [5, 5.41) is 10.3. The van der Waals surface area contributed by atoms with E-state index < -0.39 is 6.61 Å². The van der Waals surface area contributed by atoms with Crippen molar-refractivity contribution in [1.82, 2.24) is 20.4 Å². The molecule has 0 fully saturated rings. The van der Waals surface area contributed by atoms with E-state index in [4.69, 9.17) is 0 Å². The van der Waals surface area contributed by atoms with Crippen LogP contribution in [-0.2, 0) is 13.1 Å². The number of aromatic nitrogens is 2. The fraction of sp³-hybridized carbons (Fsp3) is 0.333. The predicted octanol–water partition coefficient (Wildman–Crippen LogP) is 1.85. The lowest BCUT2D eigenvalue weighted by molar-refractivity contribution is -0.0504. The molecule has 0 aliphatic carbocycles. The van der Waals surface area contributed by atoms with Crippen molar-refractivity contribution < 1.29 is 13.5 Å². The van der Waals surface area contributed by atoms with Gasteiger partial charge in [-0.05, 0) is 12.1 Å². The minimum atomic E-state index is -2.84. The normalized spacial score (nSPS) is 11.6. The lowest BCUT2D eigenvalue weighted by Crippen LogP contribution is -2.38. The van der Waals surface area contributed by atoms with Crippen LogP contribution in [0.15, 0.2) is 47.7 Å². The first-order valence-corrected chi connectivity index (χ1v) is 7.13. The Bertz CT molecular complexity index is 616. The second kappa shape index (κ2) is 8.72. The molecule has 2 N–H and O–H groups in total. The van der Waals surface area contributed by atoms with Crippen molar-refractivity contribution in [3.8, 4) is 5.75 Å². The van der Waals surface area contributed by atoms with Crippen LogP contribution in [0.3, 0.4) is 0 Å². The summed E-state index contributed by atoms with van der Waals surface area (Å²) in [4.78, 5) is 4.09. The Labute approximate surface area is 133 Å². The quantitative estimate of drug-likeness (QED) is 0.603. The highest BCUT2D eigenvalue weighted by atomic mass is 19.3. The number of rotatable bonds is 7. The number of alkyl halides is 2. The average Bonchev–Trinajstić information content (AvgIpc) is 3.05. The predicted molar refractivity (Wildman–Crippen MR) is 83.5 cm³/mol. The van der Waals surface area contributed by atoms with E-state index in [0.29, 0.717) is 31.2 Å². The van der Waals surface area contributed by atoms with Crippen LogP contribution in [-0.4, -0.2) is 35.9 Å². The maximum absolute atomic E-state index is 12.4. The van der Waals surface area contributed by atoms with E-state index in [-0.39, 0.29) is 5.75 Å². The number of hydrogen-bond acceptors (Lipinski definition) is 3. The highest BCUT2D eigenvalue weighted by molar-refractivity contribution is 5.79. The fourth-order valence-electron chi connectivity index (χ4n) is 1.98. The highest BCUT2D eigenvalue weighted by Crippen LogP contribution is 2.19. The first kappa shape index (κ1) is 16.7. The van der Waals surface area contributed by atoms with Gasteiger partial charge in [-0.1, -0.05) is 18.2 Å². The first-order chi connectivity index (χ1) is 11.2. The van der Waals surface area contributed by atoms with Gasteiger partial charge < -0.3 is 15.4 Å². The molecule has 0 amide bonds. The van der Waals surface area contributed by atoms with Crippen molar-refractivity contribution in [2.75, 3.05) is 13.6 Å². The molecule has 1 aromatic carbocycles. The van der Waals surface area contributed by atoms with Gasteiger partial charge >= 0.3 is 6.61 Å². The van der Waals surface area contributed by atoms with Crippen LogP contribution < -0.4 is 15.4 Å². The molecule has 124 valence electrons. The van der Waals surface area contributed by atoms with E-state index in [2.05, 4.69) is 25.5 Å². The number of ether oxygens (including phenoxy) is 1. The van der Waals surface area contributed by atoms with Gasteiger partial charge in [-0.2, -0.15) is 13.9 Å². The number of hydrogen-bond donors (Lipinski definition) is 2. The van der Waals surface area contributed by atoms with Crippen molar-refractivity contribution in [1.29, 1.82) is 0 Å². The van der Waals surface area contributed by atoms with Crippen molar-refractivity contribution in [2.24, 2.45) is 4.99 Å². The maximum Gasteiger partial charge on any atom is 0.387 e. The molecule has 0 saturated carbocycles. The van der Waals surface area contributed by atoms with Gasteiger partial charge in [0.2, 0.25) is 0 Å². The number of halogens is 2. The molecule has 0 unspecified atom stereocenters. The van der Waals surface area contributed by atoms with E-state index in [1.807, 2.05) is 12.3 Å². The lowest BCUT2D eigenvalue weighted by Gasteiger charge is -2.14. The molecule has 1 aromatic heterocycles. The lowest BCUT2D eigenvalue weighted by atomic mass is 10.2. The van der Waals surface area contributed by atoms with Crippen molar-refractivity contribution in [2.45, 2.75) is 19.7 Å². The molecule has 0 atom stereocenters. The van der Waals surface area contributed by atoms with Crippen molar-refractivity contribution in [3.63, 3.8) is 0 Å². The first-order valence-electron chi connectivity index (χ1n) is 7.13. The van der Waals surface area contributed by atoms with Gasteiger partial charge in [-0.15, -0.1) is 0 Å². The SMILES string of the molecule is CN=C(NCCn1cccn1)NCc1ccccc1OC(F)F. The van der Waals surface area contributed by atoms with Crippen LogP contribution in [0.5, 0.6) is 5.75 Å². The van der Waals surface area contributed by atoms with Crippen LogP contribution in [0.2, 0.25) is 0 Å². The van der Waals surface area contributed by atoms with Crippen LogP contribution in [0.4, 0.5) is 8.78 Å². The van der Waals surface area contributed by atoms with Crippen LogP contribution in [0, 0.1) is 0 Å². The average molecular weight is 323 g/mol. The molecular weight excluding hydrogens is 304 g/mol. The van der Waals surface area contributed by atoms with Crippen LogP contribution in [0.1, 0.15) is 5.56 Å². The Morgan fingerprint density at radius 3 is 2.83 bits per heavy atom. The molecule has 6 nitrogen and oxygen atoms in total. The molecule has 23 heavy (non-hydrogen) atoms. The number of nitrogens with zero attached hydrogens (tertiary/aromatic N) is 3. The van der Waals surface area contributed by atoms with Crippen LogP contribution in [0.25, 0.3) is 0 Å². The zero-order valence-corrected chi connectivity index (χ0v) is 12.7. The third-order valence-electron chi connectivity index (χ3n) is 3.05. The third-order valence-corrected chi connectivity index (χ3v) is 3.05.